The number of nitrogens with zero attached hydrogens (tertiary/aromatic N) is 4. The zero-order valence-electron chi connectivity index (χ0n) is 24.2. The van der Waals surface area contributed by atoms with E-state index < -0.39 is 0 Å². The van der Waals surface area contributed by atoms with Crippen LogP contribution in [0.2, 0.25) is 0 Å². The molecule has 214 valence electrons. The van der Waals surface area contributed by atoms with Crippen LogP contribution in [0, 0.1) is 26.0 Å². The van der Waals surface area contributed by atoms with Gasteiger partial charge < -0.3 is 9.30 Å². The van der Waals surface area contributed by atoms with Gasteiger partial charge in [-0.15, -0.1) is 35.7 Å². The Morgan fingerprint density at radius 1 is 0.791 bits per heavy atom. The van der Waals surface area contributed by atoms with E-state index in [0.717, 1.165) is 57.4 Å². The minimum Gasteiger partial charge on any atom is -0.509 e. The molecule has 0 aliphatic rings. The Kier molecular flexibility index (Phi) is 8.01. The first kappa shape index (κ1) is 28.6. The van der Waals surface area contributed by atoms with Crippen LogP contribution < -0.4 is 4.74 Å². The van der Waals surface area contributed by atoms with Crippen LogP contribution in [0.3, 0.4) is 0 Å². The van der Waals surface area contributed by atoms with Gasteiger partial charge in [-0.25, -0.2) is 4.98 Å². The molecule has 7 aromatic rings. The van der Waals surface area contributed by atoms with Crippen molar-refractivity contribution in [2.45, 2.75) is 33.6 Å². The van der Waals surface area contributed by atoms with Crippen LogP contribution in [-0.4, -0.2) is 19.3 Å². The normalized spacial score (nSPS) is 11.1. The summed E-state index contributed by atoms with van der Waals surface area (Å²) in [5.74, 6) is 2.08. The van der Waals surface area contributed by atoms with E-state index in [4.69, 9.17) is 9.84 Å². The number of pyridine rings is 1. The summed E-state index contributed by atoms with van der Waals surface area (Å²) in [5.41, 5.74) is 8.55. The molecule has 0 aliphatic heterocycles. The summed E-state index contributed by atoms with van der Waals surface area (Å²) in [6.45, 7) is 6.35. The predicted octanol–water partition coefficient (Wildman–Crippen LogP) is 8.99. The average molecular weight is 742 g/mol. The summed E-state index contributed by atoms with van der Waals surface area (Å²) < 4.78 is 10.6. The van der Waals surface area contributed by atoms with E-state index in [2.05, 4.69) is 103 Å². The summed E-state index contributed by atoms with van der Waals surface area (Å²) in [6, 6.07) is 40.0. The molecule has 3 heterocycles. The van der Waals surface area contributed by atoms with E-state index >= 15 is 0 Å². The number of para-hydroxylation sites is 1. The molecule has 43 heavy (non-hydrogen) atoms. The number of aromatic nitrogens is 4. The van der Waals surface area contributed by atoms with Gasteiger partial charge in [-0.05, 0) is 60.7 Å². The van der Waals surface area contributed by atoms with E-state index in [9.17, 15) is 0 Å². The second-order valence-corrected chi connectivity index (χ2v) is 10.6. The van der Waals surface area contributed by atoms with Crippen LogP contribution >= 0.6 is 0 Å². The molecule has 4 aromatic carbocycles. The summed E-state index contributed by atoms with van der Waals surface area (Å²) in [6.07, 6.45) is 3.77. The quantitative estimate of drug-likeness (QED) is 0.153. The van der Waals surface area contributed by atoms with Crippen molar-refractivity contribution in [1.29, 1.82) is 0 Å². The van der Waals surface area contributed by atoms with Gasteiger partial charge in [-0.2, -0.15) is 17.2 Å². The number of benzene rings is 4. The van der Waals surface area contributed by atoms with Crippen molar-refractivity contribution in [2.75, 3.05) is 0 Å². The number of rotatable bonds is 7. The molecule has 0 fully saturated rings. The Morgan fingerprint density at radius 3 is 2.40 bits per heavy atom. The van der Waals surface area contributed by atoms with Crippen molar-refractivity contribution in [3.8, 4) is 34.1 Å². The van der Waals surface area contributed by atoms with Crippen LogP contribution in [0.4, 0.5) is 0 Å². The minimum absolute atomic E-state index is 0. The smallest absolute Gasteiger partial charge is 0.509 e. The summed E-state index contributed by atoms with van der Waals surface area (Å²) in [4.78, 5) is 4.68. The number of fused-ring (bicyclic) bond motifs is 3. The number of aryl methyl sites for hydroxylation is 2. The maximum Gasteiger partial charge on any atom is 2.00 e. The maximum atomic E-state index is 6.39. The van der Waals surface area contributed by atoms with Crippen LogP contribution in [0.1, 0.15) is 30.3 Å². The number of hydrogen-bond acceptors (Lipinski definition) is 3. The van der Waals surface area contributed by atoms with Crippen LogP contribution in [0.25, 0.3) is 44.4 Å². The van der Waals surface area contributed by atoms with Gasteiger partial charge in [0.2, 0.25) is 0 Å². The Hall–Kier alpha value is -4.47. The Morgan fingerprint density at radius 2 is 1.58 bits per heavy atom. The second-order valence-electron chi connectivity index (χ2n) is 10.6. The van der Waals surface area contributed by atoms with Crippen molar-refractivity contribution in [1.82, 2.24) is 19.3 Å². The Balaban J connectivity index is 0.00000329. The molecule has 0 bridgehead atoms. The standard InChI is InChI=1S/C37H30N4O.Pt/c1-4-11-34-37(27-12-6-5-7-13-27)26(3)39-41(34)28-14-10-15-29(23-28)42-30-18-19-32-31-16-8-9-17-33(31)40(35(32)24-30)36-22-25(2)20-21-38-36;/h5-10,12-22H,4,11H2,1-3H3;/q-2;+2. The molecule has 0 amide bonds. The molecule has 6 heteroatoms. The molecule has 0 saturated carbocycles. The largest absolute Gasteiger partial charge is 2.00 e. The molecule has 3 aromatic heterocycles. The predicted molar refractivity (Wildman–Crippen MR) is 169 cm³/mol. The zero-order chi connectivity index (χ0) is 28.6. The number of hydrogen-bond donors (Lipinski definition) is 0. The fourth-order valence-electron chi connectivity index (χ4n) is 5.77. The second kappa shape index (κ2) is 12.0. The molecule has 0 radical (unpaired) electrons. The molecular formula is C37H30N4OPt. The van der Waals surface area contributed by atoms with Crippen molar-refractivity contribution in [3.05, 3.63) is 132 Å². The monoisotopic (exact) mass is 741 g/mol. The molecule has 7 rings (SSSR count). The molecule has 0 spiro atoms. The fourth-order valence-corrected chi connectivity index (χ4v) is 5.77. The zero-order valence-corrected chi connectivity index (χ0v) is 26.5. The van der Waals surface area contributed by atoms with Crippen molar-refractivity contribution in [3.63, 3.8) is 0 Å². The Labute approximate surface area is 266 Å². The van der Waals surface area contributed by atoms with Gasteiger partial charge >= 0.3 is 21.1 Å². The fraction of sp³-hybridized carbons (Fsp3) is 0.135. The van der Waals surface area contributed by atoms with Gasteiger partial charge in [0.15, 0.2) is 0 Å². The molecule has 5 nitrogen and oxygen atoms in total. The molecule has 0 aliphatic carbocycles. The molecule has 0 saturated heterocycles. The van der Waals surface area contributed by atoms with Crippen LogP contribution in [0.5, 0.6) is 11.5 Å². The van der Waals surface area contributed by atoms with E-state index in [1.165, 1.54) is 16.8 Å². The average Bonchev–Trinajstić information content (AvgIpc) is 3.52. The minimum atomic E-state index is 0. The van der Waals surface area contributed by atoms with E-state index in [1.807, 2.05) is 47.3 Å². The van der Waals surface area contributed by atoms with Crippen molar-refractivity contribution < 1.29 is 25.8 Å². The van der Waals surface area contributed by atoms with E-state index in [1.54, 1.807) is 0 Å². The summed E-state index contributed by atoms with van der Waals surface area (Å²) in [7, 11) is 0. The van der Waals surface area contributed by atoms with Crippen molar-refractivity contribution in [2.24, 2.45) is 0 Å². The topological polar surface area (TPSA) is 44.9 Å². The molecule has 0 unspecified atom stereocenters. The van der Waals surface area contributed by atoms with Gasteiger partial charge in [0.1, 0.15) is 5.82 Å². The first-order valence-corrected chi connectivity index (χ1v) is 14.3. The van der Waals surface area contributed by atoms with E-state index in [0.29, 0.717) is 11.5 Å². The van der Waals surface area contributed by atoms with E-state index in [-0.39, 0.29) is 21.1 Å². The number of ether oxygens (including phenoxy) is 1. The first-order valence-electron chi connectivity index (χ1n) is 14.3. The van der Waals surface area contributed by atoms with Gasteiger partial charge in [0.25, 0.3) is 0 Å². The summed E-state index contributed by atoms with van der Waals surface area (Å²) in [5, 5.41) is 7.21. The third kappa shape index (κ3) is 5.30. The molecule has 0 atom stereocenters. The third-order valence-electron chi connectivity index (χ3n) is 7.59. The van der Waals surface area contributed by atoms with Crippen LogP contribution in [-0.2, 0) is 27.5 Å². The van der Waals surface area contributed by atoms with Gasteiger partial charge in [-0.1, -0.05) is 67.4 Å². The first-order chi connectivity index (χ1) is 20.6. The van der Waals surface area contributed by atoms with Crippen molar-refractivity contribution >= 4 is 21.8 Å². The molecular weight excluding hydrogens is 712 g/mol. The SMILES string of the molecule is CCCc1c(-c2ccccc2)c(C)nn1-c1[c-]c(Oc2[c-]c3c(cc2)c2ccccc2n3-c2cc(C)ccn2)ccc1.[Pt+2]. The van der Waals surface area contributed by atoms with Crippen LogP contribution in [0.15, 0.2) is 103 Å². The van der Waals surface area contributed by atoms with Gasteiger partial charge in [0, 0.05) is 34.5 Å². The third-order valence-corrected chi connectivity index (χ3v) is 7.59. The summed E-state index contributed by atoms with van der Waals surface area (Å²) >= 11 is 0. The van der Waals surface area contributed by atoms with Gasteiger partial charge in [-0.3, -0.25) is 4.68 Å². The molecule has 0 N–H and O–H groups in total. The van der Waals surface area contributed by atoms with Gasteiger partial charge in [0.05, 0.1) is 5.69 Å². The maximum absolute atomic E-state index is 6.39. The Bertz CT molecular complexity index is 2060.